The summed E-state index contributed by atoms with van der Waals surface area (Å²) in [6.07, 6.45) is 1.66. The average molecular weight is 431 g/mol. The van der Waals surface area contributed by atoms with E-state index in [1.165, 1.54) is 12.1 Å². The maximum absolute atomic E-state index is 12.2. The smallest absolute Gasteiger partial charge is 0.323 e. The van der Waals surface area contributed by atoms with Crippen LogP contribution in [0.25, 0.3) is 10.9 Å². The number of phenols is 1. The number of nitrogens with zero attached hydrogens (tertiary/aromatic N) is 1. The molecule has 4 rings (SSSR count). The second kappa shape index (κ2) is 9.13. The highest BCUT2D eigenvalue weighted by atomic mass is 16.5. The number of aromatic hydroxyl groups is 1. The number of urea groups is 1. The first kappa shape index (κ1) is 20.8. The number of carbonyl (C=O) groups excluding carboxylic acids is 1. The van der Waals surface area contributed by atoms with Crippen LogP contribution in [-0.4, -0.2) is 30.3 Å². The van der Waals surface area contributed by atoms with Crippen molar-refractivity contribution in [3.63, 3.8) is 0 Å². The zero-order valence-electron chi connectivity index (χ0n) is 17.5. The lowest BCUT2D eigenvalue weighted by molar-refractivity contribution is 0.262. The van der Waals surface area contributed by atoms with Crippen LogP contribution in [0.2, 0.25) is 0 Å². The van der Waals surface area contributed by atoms with Crippen molar-refractivity contribution >= 4 is 28.3 Å². The molecule has 0 atom stereocenters. The SMILES string of the molecule is COc1cc2nccc(Oc3ccc(NC(=O)Nc4cccc(O)c4)cc3)c2cc1OC. The molecule has 0 aliphatic carbocycles. The van der Waals surface area contributed by atoms with Gasteiger partial charge in [0.15, 0.2) is 11.5 Å². The lowest BCUT2D eigenvalue weighted by atomic mass is 10.2. The minimum atomic E-state index is -0.426. The van der Waals surface area contributed by atoms with E-state index in [9.17, 15) is 9.90 Å². The van der Waals surface area contributed by atoms with E-state index in [-0.39, 0.29) is 5.75 Å². The highest BCUT2D eigenvalue weighted by Gasteiger charge is 2.11. The number of anilines is 2. The quantitative estimate of drug-likeness (QED) is 0.378. The lowest BCUT2D eigenvalue weighted by Gasteiger charge is -2.13. The fourth-order valence-electron chi connectivity index (χ4n) is 3.15. The van der Waals surface area contributed by atoms with E-state index in [1.54, 1.807) is 68.9 Å². The summed E-state index contributed by atoms with van der Waals surface area (Å²) in [5, 5.41) is 15.6. The van der Waals surface area contributed by atoms with Gasteiger partial charge in [-0.15, -0.1) is 0 Å². The number of aromatic nitrogens is 1. The first-order valence-corrected chi connectivity index (χ1v) is 9.71. The van der Waals surface area contributed by atoms with Crippen LogP contribution >= 0.6 is 0 Å². The molecule has 1 heterocycles. The van der Waals surface area contributed by atoms with Crippen LogP contribution in [0, 0.1) is 0 Å². The monoisotopic (exact) mass is 431 g/mol. The van der Waals surface area contributed by atoms with Crippen LogP contribution in [0.1, 0.15) is 0 Å². The van der Waals surface area contributed by atoms with Gasteiger partial charge in [0.05, 0.1) is 19.7 Å². The number of rotatable bonds is 6. The van der Waals surface area contributed by atoms with Gasteiger partial charge < -0.3 is 30.0 Å². The molecule has 0 saturated heterocycles. The van der Waals surface area contributed by atoms with Crippen molar-refractivity contribution in [1.29, 1.82) is 0 Å². The van der Waals surface area contributed by atoms with Crippen molar-refractivity contribution in [2.24, 2.45) is 0 Å². The molecule has 3 N–H and O–H groups in total. The van der Waals surface area contributed by atoms with Gasteiger partial charge in [0.2, 0.25) is 0 Å². The molecule has 0 unspecified atom stereocenters. The van der Waals surface area contributed by atoms with E-state index < -0.39 is 6.03 Å². The van der Waals surface area contributed by atoms with Crippen LogP contribution in [0.15, 0.2) is 72.9 Å². The molecule has 0 bridgehead atoms. The van der Waals surface area contributed by atoms with Crippen molar-refractivity contribution in [2.75, 3.05) is 24.9 Å². The van der Waals surface area contributed by atoms with Gasteiger partial charge in [-0.25, -0.2) is 4.79 Å². The van der Waals surface area contributed by atoms with Crippen molar-refractivity contribution < 1.29 is 24.1 Å². The molecule has 0 fully saturated rings. The second-order valence-corrected chi connectivity index (χ2v) is 6.79. The van der Waals surface area contributed by atoms with Crippen LogP contribution in [0.5, 0.6) is 28.7 Å². The number of benzene rings is 3. The number of ether oxygens (including phenoxy) is 3. The van der Waals surface area contributed by atoms with Crippen LogP contribution in [-0.2, 0) is 0 Å². The number of pyridine rings is 1. The Hall–Kier alpha value is -4.46. The van der Waals surface area contributed by atoms with Gasteiger partial charge in [-0.3, -0.25) is 4.98 Å². The van der Waals surface area contributed by atoms with Gasteiger partial charge in [-0.05, 0) is 48.5 Å². The topological polar surface area (TPSA) is 102 Å². The number of carbonyl (C=O) groups is 1. The molecule has 8 nitrogen and oxygen atoms in total. The second-order valence-electron chi connectivity index (χ2n) is 6.79. The molecule has 0 aliphatic rings. The van der Waals surface area contributed by atoms with E-state index in [4.69, 9.17) is 14.2 Å². The molecule has 0 saturated carbocycles. The van der Waals surface area contributed by atoms with Crippen LogP contribution in [0.4, 0.5) is 16.2 Å². The van der Waals surface area contributed by atoms with Crippen molar-refractivity contribution in [2.45, 2.75) is 0 Å². The van der Waals surface area contributed by atoms with Gasteiger partial charge in [0.1, 0.15) is 17.2 Å². The zero-order chi connectivity index (χ0) is 22.5. The summed E-state index contributed by atoms with van der Waals surface area (Å²) in [6, 6.07) is 18.2. The number of amides is 2. The number of methoxy groups -OCH3 is 2. The molecule has 162 valence electrons. The highest BCUT2D eigenvalue weighted by Crippen LogP contribution is 2.37. The third-order valence-electron chi connectivity index (χ3n) is 4.65. The van der Waals surface area contributed by atoms with Crippen molar-refractivity contribution in [3.8, 4) is 28.7 Å². The lowest BCUT2D eigenvalue weighted by Crippen LogP contribution is -2.19. The Morgan fingerprint density at radius 3 is 2.28 bits per heavy atom. The third-order valence-corrected chi connectivity index (χ3v) is 4.65. The maximum Gasteiger partial charge on any atom is 0.323 e. The highest BCUT2D eigenvalue weighted by molar-refractivity contribution is 5.99. The number of nitrogens with one attached hydrogen (secondary N) is 2. The molecule has 0 spiro atoms. The Balaban J connectivity index is 1.48. The molecule has 8 heteroatoms. The maximum atomic E-state index is 12.2. The summed E-state index contributed by atoms with van der Waals surface area (Å²) in [5.41, 5.74) is 1.78. The fraction of sp³-hybridized carbons (Fsp3) is 0.0833. The predicted molar refractivity (Wildman–Crippen MR) is 122 cm³/mol. The third kappa shape index (κ3) is 4.65. The van der Waals surface area contributed by atoms with Crippen molar-refractivity contribution in [3.05, 3.63) is 72.9 Å². The van der Waals surface area contributed by atoms with Gasteiger partial charge in [-0.2, -0.15) is 0 Å². The zero-order valence-corrected chi connectivity index (χ0v) is 17.5. The van der Waals surface area contributed by atoms with Gasteiger partial charge in [0, 0.05) is 35.1 Å². The predicted octanol–water partition coefficient (Wildman–Crippen LogP) is 5.39. The Labute approximate surface area is 184 Å². The molecule has 0 aliphatic heterocycles. The largest absolute Gasteiger partial charge is 0.508 e. The average Bonchev–Trinajstić information content (AvgIpc) is 2.79. The minimum absolute atomic E-state index is 0.0731. The molecule has 4 aromatic rings. The Bertz CT molecular complexity index is 1260. The van der Waals surface area contributed by atoms with E-state index in [0.29, 0.717) is 39.9 Å². The summed E-state index contributed by atoms with van der Waals surface area (Å²) >= 11 is 0. The number of hydrogen-bond acceptors (Lipinski definition) is 6. The number of hydrogen-bond donors (Lipinski definition) is 3. The summed E-state index contributed by atoms with van der Waals surface area (Å²) in [6.45, 7) is 0. The number of fused-ring (bicyclic) bond motifs is 1. The Morgan fingerprint density at radius 1 is 0.844 bits per heavy atom. The first-order chi connectivity index (χ1) is 15.6. The fourth-order valence-corrected chi connectivity index (χ4v) is 3.15. The molecule has 32 heavy (non-hydrogen) atoms. The standard InChI is InChI=1S/C24H21N3O5/c1-30-22-13-19-20(14-23(22)31-2)25-11-10-21(19)32-18-8-6-15(7-9-18)26-24(29)27-16-4-3-5-17(28)12-16/h3-14,28H,1-2H3,(H2,26,27,29). The molecular weight excluding hydrogens is 410 g/mol. The minimum Gasteiger partial charge on any atom is -0.508 e. The number of phenolic OH excluding ortho intramolecular Hbond substituents is 1. The van der Waals surface area contributed by atoms with E-state index >= 15 is 0 Å². The Kier molecular flexibility index (Phi) is 5.94. The molecule has 1 aromatic heterocycles. The van der Waals surface area contributed by atoms with Crippen LogP contribution < -0.4 is 24.8 Å². The Morgan fingerprint density at radius 2 is 1.56 bits per heavy atom. The van der Waals surface area contributed by atoms with Gasteiger partial charge in [-0.1, -0.05) is 6.07 Å². The van der Waals surface area contributed by atoms with Gasteiger partial charge in [0.25, 0.3) is 0 Å². The summed E-state index contributed by atoms with van der Waals surface area (Å²) in [4.78, 5) is 16.5. The normalized spacial score (nSPS) is 10.4. The summed E-state index contributed by atoms with van der Waals surface area (Å²) in [7, 11) is 3.15. The first-order valence-electron chi connectivity index (χ1n) is 9.71. The molecule has 0 radical (unpaired) electrons. The van der Waals surface area contributed by atoms with E-state index in [1.807, 2.05) is 6.07 Å². The van der Waals surface area contributed by atoms with E-state index in [0.717, 1.165) is 5.39 Å². The van der Waals surface area contributed by atoms with E-state index in [2.05, 4.69) is 15.6 Å². The summed E-state index contributed by atoms with van der Waals surface area (Å²) in [5.74, 6) is 2.44. The summed E-state index contributed by atoms with van der Waals surface area (Å²) < 4.78 is 16.8. The molecule has 2 amide bonds. The van der Waals surface area contributed by atoms with Gasteiger partial charge >= 0.3 is 6.03 Å². The van der Waals surface area contributed by atoms with Crippen LogP contribution in [0.3, 0.4) is 0 Å². The molecule has 3 aromatic carbocycles. The van der Waals surface area contributed by atoms with Crippen molar-refractivity contribution in [1.82, 2.24) is 4.98 Å². The molecular formula is C24H21N3O5.